The minimum atomic E-state index is -0.583. The minimum Gasteiger partial charge on any atom is -0.452 e. The zero-order valence-electron chi connectivity index (χ0n) is 6.88. The van der Waals surface area contributed by atoms with Crippen LogP contribution in [0.5, 0.6) is 0 Å². The Morgan fingerprint density at radius 1 is 1.55 bits per heavy atom. The van der Waals surface area contributed by atoms with Gasteiger partial charge in [0.05, 0.1) is 19.4 Å². The molecule has 64 valence electrons. The van der Waals surface area contributed by atoms with Crippen molar-refractivity contribution in [1.29, 1.82) is 0 Å². The van der Waals surface area contributed by atoms with Crippen molar-refractivity contribution >= 4 is 11.8 Å². The first-order chi connectivity index (χ1) is 5.20. The highest BCUT2D eigenvalue weighted by Gasteiger charge is 1.94. The lowest BCUT2D eigenvalue weighted by molar-refractivity contribution is 0.171. The molecular weight excluding hydrogens is 148 g/mol. The van der Waals surface area contributed by atoms with Gasteiger partial charge in [-0.25, -0.2) is 10.2 Å². The molecule has 0 spiro atoms. The average molecular weight is 160 g/mol. The Hall–Kier alpha value is -1.10. The average Bonchev–Trinajstić information content (AvgIpc) is 2.01. The molecule has 0 heterocycles. The van der Waals surface area contributed by atoms with E-state index in [0.29, 0.717) is 12.3 Å². The Labute approximate surface area is 65.4 Å². The molecule has 0 aromatic heterocycles. The first kappa shape index (κ1) is 9.90. The molecule has 5 heteroatoms. The van der Waals surface area contributed by atoms with Crippen molar-refractivity contribution < 1.29 is 14.3 Å². The summed E-state index contributed by atoms with van der Waals surface area (Å²) in [6, 6.07) is 0. The molecule has 0 aliphatic rings. The first-order valence-electron chi connectivity index (χ1n) is 3.06. The molecule has 0 fully saturated rings. The van der Waals surface area contributed by atoms with Crippen molar-refractivity contribution in [3.8, 4) is 0 Å². The maximum absolute atomic E-state index is 10.4. The minimum absolute atomic E-state index is 0.393. The highest BCUT2D eigenvalue weighted by molar-refractivity contribution is 5.84. The van der Waals surface area contributed by atoms with Gasteiger partial charge in [-0.1, -0.05) is 0 Å². The van der Waals surface area contributed by atoms with Gasteiger partial charge < -0.3 is 9.47 Å². The summed E-state index contributed by atoms with van der Waals surface area (Å²) in [6.45, 7) is 2.13. The van der Waals surface area contributed by atoms with Crippen LogP contribution in [0.4, 0.5) is 4.79 Å². The summed E-state index contributed by atoms with van der Waals surface area (Å²) in [7, 11) is 2.83. The predicted octanol–water partition coefficient (Wildman–Crippen LogP) is 0.365. The van der Waals surface area contributed by atoms with Crippen LogP contribution in [-0.2, 0) is 9.47 Å². The van der Waals surface area contributed by atoms with Crippen LogP contribution in [0, 0.1) is 0 Å². The van der Waals surface area contributed by atoms with Crippen molar-refractivity contribution in [2.45, 2.75) is 6.92 Å². The molecule has 0 aromatic carbocycles. The lowest BCUT2D eigenvalue weighted by Crippen LogP contribution is -2.19. The summed E-state index contributed by atoms with van der Waals surface area (Å²) < 4.78 is 9.03. The third-order valence-electron chi connectivity index (χ3n) is 0.877. The molecule has 0 unspecified atom stereocenters. The number of carbonyl (C=O) groups is 1. The van der Waals surface area contributed by atoms with Crippen LogP contribution in [0.25, 0.3) is 0 Å². The summed E-state index contributed by atoms with van der Waals surface area (Å²) in [4.78, 5) is 10.4. The van der Waals surface area contributed by atoms with Crippen LogP contribution >= 0.6 is 0 Å². The molecule has 11 heavy (non-hydrogen) atoms. The maximum atomic E-state index is 10.4. The van der Waals surface area contributed by atoms with E-state index in [1.165, 1.54) is 7.11 Å². The summed E-state index contributed by atoms with van der Waals surface area (Å²) in [5, 5.41) is 3.65. The summed E-state index contributed by atoms with van der Waals surface area (Å²) in [5.74, 6) is 0. The van der Waals surface area contributed by atoms with Gasteiger partial charge in [-0.3, -0.25) is 0 Å². The van der Waals surface area contributed by atoms with Crippen molar-refractivity contribution in [1.82, 2.24) is 5.43 Å². The van der Waals surface area contributed by atoms with Gasteiger partial charge in [0.1, 0.15) is 0 Å². The largest absolute Gasteiger partial charge is 0.452 e. The third-order valence-corrected chi connectivity index (χ3v) is 0.877. The molecule has 5 nitrogen and oxygen atoms in total. The van der Waals surface area contributed by atoms with Gasteiger partial charge in [0.25, 0.3) is 0 Å². The van der Waals surface area contributed by atoms with E-state index >= 15 is 0 Å². The third kappa shape index (κ3) is 5.35. The smallest absolute Gasteiger partial charge is 0.427 e. The van der Waals surface area contributed by atoms with Crippen LogP contribution in [0.2, 0.25) is 0 Å². The molecule has 0 rings (SSSR count). The number of nitrogens with one attached hydrogen (secondary N) is 1. The Morgan fingerprint density at radius 2 is 2.18 bits per heavy atom. The molecule has 0 atom stereocenters. The van der Waals surface area contributed by atoms with E-state index in [1.807, 2.05) is 0 Å². The number of hydrogen-bond acceptors (Lipinski definition) is 4. The van der Waals surface area contributed by atoms with Gasteiger partial charge in [-0.15, -0.1) is 0 Å². The van der Waals surface area contributed by atoms with E-state index < -0.39 is 6.09 Å². The normalized spacial score (nSPS) is 11.0. The van der Waals surface area contributed by atoms with Crippen LogP contribution in [-0.4, -0.2) is 32.6 Å². The number of hydrazone groups is 1. The number of carbonyl (C=O) groups excluding carboxylic acids is 1. The van der Waals surface area contributed by atoms with Gasteiger partial charge >= 0.3 is 6.09 Å². The highest BCUT2D eigenvalue weighted by atomic mass is 16.5. The van der Waals surface area contributed by atoms with Crippen molar-refractivity contribution in [3.63, 3.8) is 0 Å². The fraction of sp³-hybridized carbons (Fsp3) is 0.667. The number of amides is 1. The van der Waals surface area contributed by atoms with Crippen molar-refractivity contribution in [2.75, 3.05) is 20.8 Å². The number of hydrogen-bond donors (Lipinski definition) is 1. The fourth-order valence-corrected chi connectivity index (χ4v) is 0.428. The summed E-state index contributed by atoms with van der Waals surface area (Å²) in [6.07, 6.45) is -0.583. The molecular formula is C6H12N2O3. The number of nitrogens with zero attached hydrogens (tertiary/aromatic N) is 1. The van der Waals surface area contributed by atoms with E-state index in [9.17, 15) is 4.79 Å². The molecule has 0 aliphatic carbocycles. The lowest BCUT2D eigenvalue weighted by atomic mass is 10.5. The number of rotatable bonds is 3. The predicted molar refractivity (Wildman–Crippen MR) is 40.5 cm³/mol. The maximum Gasteiger partial charge on any atom is 0.427 e. The molecule has 0 aromatic rings. The summed E-state index contributed by atoms with van der Waals surface area (Å²) >= 11 is 0. The van der Waals surface area contributed by atoms with Gasteiger partial charge in [-0.05, 0) is 6.92 Å². The second-order valence-corrected chi connectivity index (χ2v) is 1.88. The zero-order chi connectivity index (χ0) is 8.69. The molecule has 0 radical (unpaired) electrons. The van der Waals surface area contributed by atoms with Crippen LogP contribution in [0.3, 0.4) is 0 Å². The Morgan fingerprint density at radius 3 is 2.64 bits per heavy atom. The second-order valence-electron chi connectivity index (χ2n) is 1.88. The quantitative estimate of drug-likeness (QED) is 0.479. The SMILES string of the molecule is COCC(C)=NNC(=O)OC. The second kappa shape index (κ2) is 5.67. The van der Waals surface area contributed by atoms with Crippen LogP contribution < -0.4 is 5.43 Å². The van der Waals surface area contributed by atoms with Crippen LogP contribution in [0.1, 0.15) is 6.92 Å². The molecule has 0 saturated heterocycles. The Kier molecular flexibility index (Phi) is 5.10. The summed E-state index contributed by atoms with van der Waals surface area (Å²) in [5.41, 5.74) is 2.84. The standard InChI is InChI=1S/C6H12N2O3/c1-5(4-10-2)7-8-6(9)11-3/h4H2,1-3H3,(H,8,9). The first-order valence-corrected chi connectivity index (χ1v) is 3.06. The monoisotopic (exact) mass is 160 g/mol. The Balaban J connectivity index is 3.63. The van der Waals surface area contributed by atoms with E-state index in [-0.39, 0.29) is 0 Å². The van der Waals surface area contributed by atoms with Crippen LogP contribution in [0.15, 0.2) is 5.10 Å². The highest BCUT2D eigenvalue weighted by Crippen LogP contribution is 1.77. The topological polar surface area (TPSA) is 59.9 Å². The van der Waals surface area contributed by atoms with Gasteiger partial charge in [0, 0.05) is 7.11 Å². The van der Waals surface area contributed by atoms with Crippen molar-refractivity contribution in [2.24, 2.45) is 5.10 Å². The van der Waals surface area contributed by atoms with E-state index in [2.05, 4.69) is 15.3 Å². The van der Waals surface area contributed by atoms with E-state index in [0.717, 1.165) is 0 Å². The molecule has 0 aliphatic heterocycles. The van der Waals surface area contributed by atoms with Gasteiger partial charge in [-0.2, -0.15) is 5.10 Å². The number of ether oxygens (including phenoxy) is 2. The Bertz CT molecular complexity index is 156. The van der Waals surface area contributed by atoms with E-state index in [4.69, 9.17) is 4.74 Å². The lowest BCUT2D eigenvalue weighted by Gasteiger charge is -1.99. The fourth-order valence-electron chi connectivity index (χ4n) is 0.428. The number of methoxy groups -OCH3 is 2. The molecule has 1 N–H and O–H groups in total. The van der Waals surface area contributed by atoms with E-state index in [1.54, 1.807) is 14.0 Å². The molecule has 1 amide bonds. The van der Waals surface area contributed by atoms with Gasteiger partial charge in [0.2, 0.25) is 0 Å². The van der Waals surface area contributed by atoms with Crippen molar-refractivity contribution in [3.05, 3.63) is 0 Å². The molecule has 0 saturated carbocycles. The zero-order valence-corrected chi connectivity index (χ0v) is 6.88. The van der Waals surface area contributed by atoms with Gasteiger partial charge in [0.15, 0.2) is 0 Å². The molecule has 0 bridgehead atoms.